The van der Waals surface area contributed by atoms with Crippen LogP contribution in [0.1, 0.15) is 258 Å². The predicted molar refractivity (Wildman–Crippen MR) is 253 cm³/mol. The number of carboxylic acid groups (broad SMARTS) is 1. The summed E-state index contributed by atoms with van der Waals surface area (Å²) in [5.74, 6) is -1.23. The lowest BCUT2D eigenvalue weighted by Gasteiger charge is -2.18. The van der Waals surface area contributed by atoms with Crippen molar-refractivity contribution in [3.63, 3.8) is 0 Å². The quantitative estimate of drug-likeness (QED) is 0.0319. The number of nitrogens with one attached hydrogen (secondary N) is 1. The Morgan fingerprint density at radius 1 is 0.492 bits per heavy atom. The molecule has 1 amide bonds. The molecule has 0 fully saturated rings. The molecule has 344 valence electrons. The molecule has 0 aliphatic carbocycles. The Kier molecular flexibility index (Phi) is 44.7. The molecular weight excluding hydrogens is 733 g/mol. The Balaban J connectivity index is 4.26. The van der Waals surface area contributed by atoms with Gasteiger partial charge in [0.1, 0.15) is 12.1 Å². The second kappa shape index (κ2) is 46.7. The number of carbonyl (C=O) groups excluding carboxylic acids is 2. The van der Waals surface area contributed by atoms with Gasteiger partial charge in [-0.2, -0.15) is 0 Å². The van der Waals surface area contributed by atoms with Crippen molar-refractivity contribution in [2.75, 3.05) is 6.54 Å². The van der Waals surface area contributed by atoms with Gasteiger partial charge in [-0.15, -0.1) is 0 Å². The predicted octanol–water partition coefficient (Wildman–Crippen LogP) is 15.0. The van der Waals surface area contributed by atoms with Crippen LogP contribution in [0.2, 0.25) is 0 Å². The SMILES string of the molecule is CCCCCCC/C=C\C/C=C\C/C=C\CCCCCCCCC(=O)OC(CCCCCCCCCCCCCC)CCCCCCCC(=O)NC(CCCN)C(=O)O. The third-order valence-corrected chi connectivity index (χ3v) is 11.5. The van der Waals surface area contributed by atoms with Crippen molar-refractivity contribution in [3.8, 4) is 0 Å². The Labute approximate surface area is 365 Å². The highest BCUT2D eigenvalue weighted by molar-refractivity contribution is 5.83. The van der Waals surface area contributed by atoms with Crippen molar-refractivity contribution in [1.29, 1.82) is 0 Å². The van der Waals surface area contributed by atoms with Crippen LogP contribution in [0, 0.1) is 0 Å². The summed E-state index contributed by atoms with van der Waals surface area (Å²) in [5.41, 5.74) is 5.50. The first-order valence-corrected chi connectivity index (χ1v) is 25.3. The molecular formula is C52H96N2O5. The van der Waals surface area contributed by atoms with E-state index in [0.29, 0.717) is 32.2 Å². The molecule has 0 saturated heterocycles. The summed E-state index contributed by atoms with van der Waals surface area (Å²) in [7, 11) is 0. The Bertz CT molecular complexity index is 1020. The van der Waals surface area contributed by atoms with E-state index in [4.69, 9.17) is 10.5 Å². The third-order valence-electron chi connectivity index (χ3n) is 11.5. The number of carbonyl (C=O) groups is 3. The van der Waals surface area contributed by atoms with E-state index in [2.05, 4.69) is 55.6 Å². The molecule has 4 N–H and O–H groups in total. The molecule has 0 aliphatic rings. The number of esters is 1. The van der Waals surface area contributed by atoms with Gasteiger partial charge in [-0.3, -0.25) is 9.59 Å². The monoisotopic (exact) mass is 829 g/mol. The van der Waals surface area contributed by atoms with E-state index in [1.165, 1.54) is 135 Å². The molecule has 0 radical (unpaired) electrons. The van der Waals surface area contributed by atoms with E-state index in [-0.39, 0.29) is 18.0 Å². The summed E-state index contributed by atoms with van der Waals surface area (Å²) in [4.78, 5) is 36.5. The normalized spacial score (nSPS) is 12.9. The zero-order valence-corrected chi connectivity index (χ0v) is 38.9. The van der Waals surface area contributed by atoms with Crippen molar-refractivity contribution in [2.24, 2.45) is 5.73 Å². The van der Waals surface area contributed by atoms with Crippen molar-refractivity contribution < 1.29 is 24.2 Å². The first-order chi connectivity index (χ1) is 28.9. The van der Waals surface area contributed by atoms with E-state index in [0.717, 1.165) is 83.5 Å². The minimum atomic E-state index is -1.00. The van der Waals surface area contributed by atoms with Crippen molar-refractivity contribution in [1.82, 2.24) is 5.32 Å². The highest BCUT2D eigenvalue weighted by Gasteiger charge is 2.19. The fraction of sp³-hybridized carbons (Fsp3) is 0.827. The fourth-order valence-electron chi connectivity index (χ4n) is 7.64. The second-order valence-corrected chi connectivity index (χ2v) is 17.2. The summed E-state index contributed by atoms with van der Waals surface area (Å²) < 4.78 is 6.07. The number of allylic oxidation sites excluding steroid dienone is 6. The van der Waals surface area contributed by atoms with Gasteiger partial charge in [-0.1, -0.05) is 192 Å². The third kappa shape index (κ3) is 43.5. The summed E-state index contributed by atoms with van der Waals surface area (Å²) >= 11 is 0. The average molecular weight is 829 g/mol. The Morgan fingerprint density at radius 3 is 1.32 bits per heavy atom. The van der Waals surface area contributed by atoms with Crippen molar-refractivity contribution >= 4 is 17.8 Å². The van der Waals surface area contributed by atoms with E-state index in [1.54, 1.807) is 0 Å². The molecule has 0 saturated carbocycles. The number of nitrogens with two attached hydrogens (primary N) is 1. The van der Waals surface area contributed by atoms with Crippen LogP contribution >= 0.6 is 0 Å². The smallest absolute Gasteiger partial charge is 0.326 e. The number of unbranched alkanes of at least 4 members (excludes halogenated alkanes) is 26. The second-order valence-electron chi connectivity index (χ2n) is 17.2. The van der Waals surface area contributed by atoms with Crippen LogP contribution in [0.3, 0.4) is 0 Å². The summed E-state index contributed by atoms with van der Waals surface area (Å²) in [6, 6.07) is -0.857. The van der Waals surface area contributed by atoms with Crippen LogP contribution < -0.4 is 11.1 Å². The van der Waals surface area contributed by atoms with Crippen LogP contribution in [0.25, 0.3) is 0 Å². The fourth-order valence-corrected chi connectivity index (χ4v) is 7.64. The maximum atomic E-state index is 12.9. The van der Waals surface area contributed by atoms with Gasteiger partial charge in [0.25, 0.3) is 0 Å². The van der Waals surface area contributed by atoms with E-state index in [1.807, 2.05) is 0 Å². The Hall–Kier alpha value is -2.41. The first-order valence-electron chi connectivity index (χ1n) is 25.3. The molecule has 0 rings (SSSR count). The molecule has 2 unspecified atom stereocenters. The maximum Gasteiger partial charge on any atom is 0.326 e. The average Bonchev–Trinajstić information content (AvgIpc) is 3.22. The number of hydrogen-bond acceptors (Lipinski definition) is 5. The maximum absolute atomic E-state index is 12.9. The van der Waals surface area contributed by atoms with Crippen LogP contribution in [0.4, 0.5) is 0 Å². The standard InChI is InChI=1S/C52H96N2O5/c1-3-5-7-9-11-13-15-17-18-19-20-21-22-23-24-25-27-29-31-36-40-46-51(56)59-48(42-37-33-30-28-26-16-14-12-10-8-6-4-2)43-38-34-32-35-39-45-50(55)54-49(52(57)58)44-41-47-53/h15,17,19-20,22-23,48-49H,3-14,16,18,21,24-47,53H2,1-2H3,(H,54,55)(H,57,58)/b17-15-,20-19-,23-22-. The molecule has 0 aromatic carbocycles. The van der Waals surface area contributed by atoms with Gasteiger partial charge in [0.2, 0.25) is 5.91 Å². The summed E-state index contributed by atoms with van der Waals surface area (Å²) in [5, 5.41) is 12.0. The van der Waals surface area contributed by atoms with Crippen LogP contribution in [-0.2, 0) is 19.1 Å². The van der Waals surface area contributed by atoms with Crippen LogP contribution in [0.5, 0.6) is 0 Å². The highest BCUT2D eigenvalue weighted by Crippen LogP contribution is 2.19. The molecule has 59 heavy (non-hydrogen) atoms. The number of ether oxygens (including phenoxy) is 1. The summed E-state index contributed by atoms with van der Waals surface area (Å²) in [6.45, 7) is 4.95. The van der Waals surface area contributed by atoms with E-state index >= 15 is 0 Å². The lowest BCUT2D eigenvalue weighted by molar-refractivity contribution is -0.150. The number of amides is 1. The molecule has 0 bridgehead atoms. The minimum absolute atomic E-state index is 0.00755. The number of rotatable bonds is 46. The molecule has 0 aliphatic heterocycles. The molecule has 0 spiro atoms. The van der Waals surface area contributed by atoms with E-state index < -0.39 is 12.0 Å². The van der Waals surface area contributed by atoms with Gasteiger partial charge < -0.3 is 20.9 Å². The molecule has 2 atom stereocenters. The van der Waals surface area contributed by atoms with Crippen LogP contribution in [-0.4, -0.2) is 41.6 Å². The van der Waals surface area contributed by atoms with Gasteiger partial charge in [0.05, 0.1) is 0 Å². The lowest BCUT2D eigenvalue weighted by atomic mass is 10.0. The van der Waals surface area contributed by atoms with Gasteiger partial charge in [0.15, 0.2) is 0 Å². The lowest BCUT2D eigenvalue weighted by Crippen LogP contribution is -2.40. The molecule has 0 heterocycles. The van der Waals surface area contributed by atoms with E-state index in [9.17, 15) is 19.5 Å². The number of hydrogen-bond donors (Lipinski definition) is 3. The molecule has 0 aromatic heterocycles. The van der Waals surface area contributed by atoms with Gasteiger partial charge in [-0.05, 0) is 96.4 Å². The zero-order chi connectivity index (χ0) is 43.1. The van der Waals surface area contributed by atoms with Gasteiger partial charge in [0, 0.05) is 12.8 Å². The van der Waals surface area contributed by atoms with Gasteiger partial charge >= 0.3 is 11.9 Å². The molecule has 7 heteroatoms. The van der Waals surface area contributed by atoms with Gasteiger partial charge in [-0.25, -0.2) is 4.79 Å². The number of aliphatic carboxylic acids is 1. The minimum Gasteiger partial charge on any atom is -0.480 e. The van der Waals surface area contributed by atoms with Crippen molar-refractivity contribution in [2.45, 2.75) is 270 Å². The highest BCUT2D eigenvalue weighted by atomic mass is 16.5. The first kappa shape index (κ1) is 56.6. The molecule has 7 nitrogen and oxygen atoms in total. The van der Waals surface area contributed by atoms with Crippen molar-refractivity contribution in [3.05, 3.63) is 36.5 Å². The summed E-state index contributed by atoms with van der Waals surface area (Å²) in [6.07, 6.45) is 56.2. The number of carboxylic acids is 1. The Morgan fingerprint density at radius 2 is 0.881 bits per heavy atom. The molecule has 0 aromatic rings. The zero-order valence-electron chi connectivity index (χ0n) is 38.9. The van der Waals surface area contributed by atoms with Crippen LogP contribution in [0.15, 0.2) is 36.5 Å². The largest absolute Gasteiger partial charge is 0.480 e. The topological polar surface area (TPSA) is 119 Å².